The Labute approximate surface area is 94.4 Å². The molecule has 9 heteroatoms. The van der Waals surface area contributed by atoms with Gasteiger partial charge in [-0.1, -0.05) is 0 Å². The summed E-state index contributed by atoms with van der Waals surface area (Å²) < 4.78 is 33.6. The van der Waals surface area contributed by atoms with Crippen LogP contribution in [0.15, 0.2) is 0 Å². The Hall–Kier alpha value is 1.30. The van der Waals surface area contributed by atoms with Crippen molar-refractivity contribution < 1.29 is 17.8 Å². The monoisotopic (exact) mass is 292 g/mol. The molecule has 0 aromatic rings. The second-order valence-corrected chi connectivity index (χ2v) is 7.14. The second-order valence-electron chi connectivity index (χ2n) is 1.82. The van der Waals surface area contributed by atoms with Gasteiger partial charge in [-0.25, -0.2) is 0 Å². The van der Waals surface area contributed by atoms with E-state index in [0.717, 1.165) is 0 Å². The summed E-state index contributed by atoms with van der Waals surface area (Å²) >= 11 is 19.9. The van der Waals surface area contributed by atoms with E-state index in [0.29, 0.717) is 0 Å². The Morgan fingerprint density at radius 1 is 1.38 bits per heavy atom. The molecule has 0 aromatic heterocycles. The molecule has 0 aromatic carbocycles. The first-order valence-electron chi connectivity index (χ1n) is 2.98. The molecule has 1 unspecified atom stereocenters. The summed E-state index contributed by atoms with van der Waals surface area (Å²) in [6, 6.07) is 0. The first-order valence-corrected chi connectivity index (χ1v) is 7.59. The van der Waals surface area contributed by atoms with Crippen molar-refractivity contribution in [1.82, 2.24) is 0 Å². The lowest BCUT2D eigenvalue weighted by Gasteiger charge is -2.20. The molecule has 0 aliphatic heterocycles. The van der Waals surface area contributed by atoms with Crippen molar-refractivity contribution in [2.45, 2.75) is 6.11 Å². The van der Waals surface area contributed by atoms with E-state index in [2.05, 4.69) is 20.9 Å². The van der Waals surface area contributed by atoms with Gasteiger partial charge in [-0.05, 0) is 23.0 Å². The van der Waals surface area contributed by atoms with Gasteiger partial charge in [0.15, 0.2) is 0 Å². The summed E-state index contributed by atoms with van der Waals surface area (Å²) in [5.74, 6) is -4.39. The van der Waals surface area contributed by atoms with Crippen LogP contribution in [0.4, 0.5) is 8.78 Å². The topological polar surface area (TPSA) is 18.5 Å². The zero-order valence-corrected chi connectivity index (χ0v) is 10.2. The maximum absolute atomic E-state index is 12.5. The highest BCUT2D eigenvalue weighted by Crippen LogP contribution is 2.57. The third-order valence-electron chi connectivity index (χ3n) is 0.721. The van der Waals surface area contributed by atoms with E-state index in [1.165, 1.54) is 0 Å². The quantitative estimate of drug-likeness (QED) is 0.551. The normalized spacial score (nSPS) is 17.0. The van der Waals surface area contributed by atoms with Gasteiger partial charge in [-0.15, -0.1) is 23.2 Å². The fraction of sp³-hybridized carbons (Fsp3) is 1.00. The van der Waals surface area contributed by atoms with Crippen molar-refractivity contribution in [3.05, 3.63) is 0 Å². The zero-order chi connectivity index (χ0) is 10.5. The van der Waals surface area contributed by atoms with E-state index in [1.807, 2.05) is 0 Å². The summed E-state index contributed by atoms with van der Waals surface area (Å²) in [5.41, 5.74) is 0. The van der Waals surface area contributed by atoms with Crippen molar-refractivity contribution in [1.29, 1.82) is 0 Å². The molecule has 0 saturated heterocycles. The lowest BCUT2D eigenvalue weighted by atomic mass is 10.8. The van der Waals surface area contributed by atoms with E-state index in [-0.39, 0.29) is 12.5 Å². The third-order valence-corrected chi connectivity index (χ3v) is 3.20. The molecular formula is C4H6Cl3F2O2PS. The summed E-state index contributed by atoms with van der Waals surface area (Å²) in [5, 5.41) is 0. The van der Waals surface area contributed by atoms with E-state index < -0.39 is 17.8 Å². The number of hydrogen-bond acceptors (Lipinski definition) is 3. The van der Waals surface area contributed by atoms with Gasteiger partial charge in [-0.3, -0.25) is 4.52 Å². The van der Waals surface area contributed by atoms with Crippen LogP contribution in [0.5, 0.6) is 0 Å². The predicted octanol–water partition coefficient (Wildman–Crippen LogP) is 3.55. The maximum atomic E-state index is 12.5. The van der Waals surface area contributed by atoms with Gasteiger partial charge >= 0.3 is 6.11 Å². The molecule has 0 aliphatic carbocycles. The molecule has 80 valence electrons. The van der Waals surface area contributed by atoms with Crippen LogP contribution in [-0.2, 0) is 20.9 Å². The fourth-order valence-corrected chi connectivity index (χ4v) is 2.48. The van der Waals surface area contributed by atoms with Crippen molar-refractivity contribution in [3.8, 4) is 0 Å². The molecule has 2 nitrogen and oxygen atoms in total. The van der Waals surface area contributed by atoms with Gasteiger partial charge in [0.25, 0.3) is 5.84 Å². The van der Waals surface area contributed by atoms with Gasteiger partial charge in [-0.2, -0.15) is 8.78 Å². The highest BCUT2D eigenvalue weighted by atomic mass is 35.7. The predicted molar refractivity (Wildman–Crippen MR) is 53.6 cm³/mol. The third kappa shape index (κ3) is 7.25. The van der Waals surface area contributed by atoms with Crippen LogP contribution in [-0.4, -0.2) is 24.5 Å². The van der Waals surface area contributed by atoms with Crippen molar-refractivity contribution in [2.24, 2.45) is 0 Å². The molecule has 0 N–H and O–H groups in total. The standard InChI is InChI=1S/C4H6Cl3F2O2PS/c5-1-2-10-12(7,13)11-4(8,9)3-6/h1-3H2. The number of rotatable bonds is 6. The Kier molecular flexibility index (Phi) is 6.61. The molecular weight excluding hydrogens is 287 g/mol. The van der Waals surface area contributed by atoms with Crippen LogP contribution in [0.1, 0.15) is 0 Å². The molecule has 13 heavy (non-hydrogen) atoms. The molecule has 0 heterocycles. The minimum absolute atomic E-state index is 0.0410. The summed E-state index contributed by atoms with van der Waals surface area (Å²) in [6.07, 6.45) is -3.56. The van der Waals surface area contributed by atoms with Gasteiger partial charge < -0.3 is 4.52 Å². The van der Waals surface area contributed by atoms with E-state index in [1.54, 1.807) is 0 Å². The van der Waals surface area contributed by atoms with Crippen molar-refractivity contribution in [2.75, 3.05) is 18.4 Å². The van der Waals surface area contributed by atoms with Crippen molar-refractivity contribution >= 4 is 52.1 Å². The average molecular weight is 293 g/mol. The summed E-state index contributed by atoms with van der Waals surface area (Å²) in [7, 11) is 0. The molecule has 1 atom stereocenters. The molecule has 0 saturated carbocycles. The van der Waals surface area contributed by atoms with Crippen LogP contribution >= 0.6 is 40.3 Å². The van der Waals surface area contributed by atoms with Crippen LogP contribution in [0.3, 0.4) is 0 Å². The average Bonchev–Trinajstić information content (AvgIpc) is 1.99. The second kappa shape index (κ2) is 6.01. The van der Waals surface area contributed by atoms with Gasteiger partial charge in [0, 0.05) is 5.88 Å². The largest absolute Gasteiger partial charge is 0.375 e. The SMILES string of the molecule is FC(F)(CCl)OP(=S)(Cl)OCCCl. The van der Waals surface area contributed by atoms with Gasteiger partial charge in [0.05, 0.1) is 6.61 Å². The molecule has 0 radical (unpaired) electrons. The fourth-order valence-electron chi connectivity index (χ4n) is 0.354. The maximum Gasteiger partial charge on any atom is 0.375 e. The van der Waals surface area contributed by atoms with Gasteiger partial charge in [0.2, 0.25) is 0 Å². The Balaban J connectivity index is 4.08. The van der Waals surface area contributed by atoms with E-state index >= 15 is 0 Å². The van der Waals surface area contributed by atoms with Crippen LogP contribution in [0, 0.1) is 0 Å². The number of hydrogen-bond donors (Lipinski definition) is 0. The minimum Gasteiger partial charge on any atom is -0.317 e. The number of halogens is 5. The smallest absolute Gasteiger partial charge is 0.317 e. The Bertz CT molecular complexity index is 206. The summed E-state index contributed by atoms with van der Waals surface area (Å²) in [6.45, 7) is -0.0410. The van der Waals surface area contributed by atoms with Crippen LogP contribution in [0.2, 0.25) is 0 Å². The molecule has 0 fully saturated rings. The molecule has 0 amide bonds. The Morgan fingerprint density at radius 3 is 2.31 bits per heavy atom. The molecule has 0 bridgehead atoms. The highest BCUT2D eigenvalue weighted by Gasteiger charge is 2.36. The molecule has 0 spiro atoms. The van der Waals surface area contributed by atoms with Crippen LogP contribution in [0.25, 0.3) is 0 Å². The van der Waals surface area contributed by atoms with Crippen LogP contribution < -0.4 is 0 Å². The van der Waals surface area contributed by atoms with Crippen molar-refractivity contribution in [3.63, 3.8) is 0 Å². The lowest BCUT2D eigenvalue weighted by Crippen LogP contribution is -2.20. The highest BCUT2D eigenvalue weighted by molar-refractivity contribution is 8.22. The lowest BCUT2D eigenvalue weighted by molar-refractivity contribution is -0.154. The Morgan fingerprint density at radius 2 is 1.92 bits per heavy atom. The van der Waals surface area contributed by atoms with E-state index in [9.17, 15) is 8.78 Å². The zero-order valence-electron chi connectivity index (χ0n) is 6.18. The molecule has 0 rings (SSSR count). The number of alkyl halides is 4. The summed E-state index contributed by atoms with van der Waals surface area (Å²) in [4.78, 5) is 0. The van der Waals surface area contributed by atoms with E-state index in [4.69, 9.17) is 34.4 Å². The first-order chi connectivity index (χ1) is 5.83. The van der Waals surface area contributed by atoms with Gasteiger partial charge in [0.1, 0.15) is 5.88 Å². The minimum atomic E-state index is -3.56. The first kappa shape index (κ1) is 14.3. The molecule has 0 aliphatic rings.